The van der Waals surface area contributed by atoms with E-state index in [0.29, 0.717) is 11.3 Å². The van der Waals surface area contributed by atoms with Crippen molar-refractivity contribution in [2.45, 2.75) is 27.2 Å². The molecule has 2 aromatic carbocycles. The minimum atomic E-state index is -0.994. The minimum absolute atomic E-state index is 0.0188. The van der Waals surface area contributed by atoms with E-state index in [-0.39, 0.29) is 16.2 Å². The lowest BCUT2D eigenvalue weighted by molar-refractivity contribution is -0.122. The number of nitrogens with one attached hydrogen (secondary N) is 1. The molecule has 172 valence electrons. The average Bonchev–Trinajstić information content (AvgIpc) is 3.09. The second-order valence-corrected chi connectivity index (χ2v) is 8.38. The molecule has 0 unspecified atom stereocenters. The third-order valence-electron chi connectivity index (χ3n) is 5.85. The van der Waals surface area contributed by atoms with Gasteiger partial charge in [-0.2, -0.15) is 0 Å². The van der Waals surface area contributed by atoms with Crippen molar-refractivity contribution in [1.29, 1.82) is 0 Å². The summed E-state index contributed by atoms with van der Waals surface area (Å²) in [5.41, 5.74) is 5.05. The Morgan fingerprint density at radius 3 is 2.24 bits per heavy atom. The zero-order valence-electron chi connectivity index (χ0n) is 19.0. The standard InChI is InChI=1S/C26H23N3O4S/c1-4-17-5-9-21(10-6-17)29-24(31)22(23(30)27-26(29)34)14-19-13-15(2)28(16(19)3)20-11-7-18(8-12-20)25(32)33/h5-14H,4H2,1-3H3,(H,32,33)(H,27,30,34). The highest BCUT2D eigenvalue weighted by Crippen LogP contribution is 2.26. The third-order valence-corrected chi connectivity index (χ3v) is 6.13. The molecule has 0 atom stereocenters. The van der Waals surface area contributed by atoms with Gasteiger partial charge in [0.2, 0.25) is 0 Å². The van der Waals surface area contributed by atoms with Crippen molar-refractivity contribution in [1.82, 2.24) is 9.88 Å². The molecule has 0 radical (unpaired) electrons. The summed E-state index contributed by atoms with van der Waals surface area (Å²) < 4.78 is 1.94. The fourth-order valence-electron chi connectivity index (χ4n) is 4.01. The molecule has 7 nitrogen and oxygen atoms in total. The molecule has 0 spiro atoms. The fourth-order valence-corrected chi connectivity index (χ4v) is 4.29. The van der Waals surface area contributed by atoms with Crippen LogP contribution >= 0.6 is 12.2 Å². The predicted octanol–water partition coefficient (Wildman–Crippen LogP) is 4.19. The molecule has 0 saturated carbocycles. The van der Waals surface area contributed by atoms with E-state index in [9.17, 15) is 14.4 Å². The molecule has 1 aliphatic rings. The maximum atomic E-state index is 13.3. The van der Waals surface area contributed by atoms with Crippen LogP contribution in [0.2, 0.25) is 0 Å². The van der Waals surface area contributed by atoms with Crippen LogP contribution in [0.25, 0.3) is 11.8 Å². The molecular weight excluding hydrogens is 450 g/mol. The van der Waals surface area contributed by atoms with Crippen molar-refractivity contribution < 1.29 is 19.5 Å². The number of hydrogen-bond donors (Lipinski definition) is 2. The van der Waals surface area contributed by atoms with Gasteiger partial charge in [0.25, 0.3) is 11.8 Å². The Morgan fingerprint density at radius 2 is 1.65 bits per heavy atom. The van der Waals surface area contributed by atoms with Gasteiger partial charge in [0.15, 0.2) is 5.11 Å². The average molecular weight is 474 g/mol. The van der Waals surface area contributed by atoms with Crippen LogP contribution in [0.5, 0.6) is 0 Å². The zero-order chi connectivity index (χ0) is 24.6. The first-order valence-corrected chi connectivity index (χ1v) is 11.1. The van der Waals surface area contributed by atoms with Crippen molar-refractivity contribution in [3.63, 3.8) is 0 Å². The van der Waals surface area contributed by atoms with Gasteiger partial charge < -0.3 is 9.67 Å². The molecule has 1 aromatic heterocycles. The SMILES string of the molecule is CCc1ccc(N2C(=O)C(=Cc3cc(C)n(-c4ccc(C(=O)O)cc4)c3C)C(=O)NC2=S)cc1. The van der Waals surface area contributed by atoms with E-state index >= 15 is 0 Å². The predicted molar refractivity (Wildman–Crippen MR) is 134 cm³/mol. The number of aromatic carboxylic acids is 1. The van der Waals surface area contributed by atoms with Crippen molar-refractivity contribution in [2.75, 3.05) is 4.90 Å². The van der Waals surface area contributed by atoms with E-state index < -0.39 is 17.8 Å². The lowest BCUT2D eigenvalue weighted by Gasteiger charge is -2.29. The third kappa shape index (κ3) is 4.15. The summed E-state index contributed by atoms with van der Waals surface area (Å²) in [6, 6.07) is 15.9. The number of hydrogen-bond acceptors (Lipinski definition) is 4. The Labute approximate surface area is 202 Å². The van der Waals surface area contributed by atoms with Gasteiger partial charge >= 0.3 is 5.97 Å². The van der Waals surface area contributed by atoms with Crippen LogP contribution in [-0.4, -0.2) is 32.6 Å². The molecule has 0 aliphatic carbocycles. The van der Waals surface area contributed by atoms with Gasteiger partial charge in [-0.05, 0) is 92.2 Å². The van der Waals surface area contributed by atoms with Crippen molar-refractivity contribution in [2.24, 2.45) is 0 Å². The van der Waals surface area contributed by atoms with Crippen LogP contribution in [0.1, 0.15) is 39.8 Å². The quantitative estimate of drug-likeness (QED) is 0.329. The van der Waals surface area contributed by atoms with Crippen LogP contribution in [0.3, 0.4) is 0 Å². The first-order chi connectivity index (χ1) is 16.2. The van der Waals surface area contributed by atoms with Crippen molar-refractivity contribution in [3.8, 4) is 5.69 Å². The van der Waals surface area contributed by atoms with E-state index in [2.05, 4.69) is 5.32 Å². The molecule has 0 bridgehead atoms. The van der Waals surface area contributed by atoms with Gasteiger partial charge in [-0.1, -0.05) is 19.1 Å². The smallest absolute Gasteiger partial charge is 0.335 e. The Morgan fingerprint density at radius 1 is 1.03 bits per heavy atom. The molecule has 3 aromatic rings. The number of benzene rings is 2. The summed E-state index contributed by atoms with van der Waals surface area (Å²) in [5.74, 6) is -2.03. The molecule has 1 fully saturated rings. The number of anilines is 1. The lowest BCUT2D eigenvalue weighted by Crippen LogP contribution is -2.54. The van der Waals surface area contributed by atoms with E-state index in [1.54, 1.807) is 18.2 Å². The second-order valence-electron chi connectivity index (χ2n) is 7.99. The van der Waals surface area contributed by atoms with Crippen LogP contribution in [-0.2, 0) is 16.0 Å². The number of carboxylic acid groups (broad SMARTS) is 1. The summed E-state index contributed by atoms with van der Waals surface area (Å²) in [5, 5.41) is 11.8. The van der Waals surface area contributed by atoms with Gasteiger partial charge in [-0.3, -0.25) is 19.8 Å². The first-order valence-electron chi connectivity index (χ1n) is 10.7. The number of carbonyl (C=O) groups excluding carboxylic acids is 2. The highest BCUT2D eigenvalue weighted by molar-refractivity contribution is 7.80. The van der Waals surface area contributed by atoms with Gasteiger partial charge in [-0.25, -0.2) is 4.79 Å². The van der Waals surface area contributed by atoms with Crippen molar-refractivity contribution in [3.05, 3.63) is 88.2 Å². The first kappa shape index (κ1) is 23.1. The summed E-state index contributed by atoms with van der Waals surface area (Å²) in [4.78, 5) is 38.5. The highest BCUT2D eigenvalue weighted by Gasteiger charge is 2.34. The van der Waals surface area contributed by atoms with Crippen LogP contribution in [0.4, 0.5) is 5.69 Å². The number of aromatic nitrogens is 1. The van der Waals surface area contributed by atoms with E-state index in [4.69, 9.17) is 17.3 Å². The molecule has 8 heteroatoms. The number of carboxylic acids is 1. The van der Waals surface area contributed by atoms with E-state index in [0.717, 1.165) is 29.1 Å². The zero-order valence-corrected chi connectivity index (χ0v) is 19.8. The van der Waals surface area contributed by atoms with E-state index in [1.807, 2.05) is 55.7 Å². The Hall–Kier alpha value is -4.04. The highest BCUT2D eigenvalue weighted by atomic mass is 32.1. The number of aryl methyl sites for hydroxylation is 2. The number of thiocarbonyl (C=S) groups is 1. The molecule has 1 aliphatic heterocycles. The van der Waals surface area contributed by atoms with Gasteiger partial charge in [0.1, 0.15) is 5.57 Å². The summed E-state index contributed by atoms with van der Waals surface area (Å²) in [7, 11) is 0. The maximum Gasteiger partial charge on any atom is 0.335 e. The molecule has 1 saturated heterocycles. The lowest BCUT2D eigenvalue weighted by atomic mass is 10.1. The van der Waals surface area contributed by atoms with Crippen LogP contribution < -0.4 is 10.2 Å². The minimum Gasteiger partial charge on any atom is -0.478 e. The topological polar surface area (TPSA) is 91.6 Å². The molecule has 2 heterocycles. The Balaban J connectivity index is 1.72. The molecule has 4 rings (SSSR count). The van der Waals surface area contributed by atoms with Gasteiger partial charge in [0, 0.05) is 17.1 Å². The largest absolute Gasteiger partial charge is 0.478 e. The molecule has 2 amide bonds. The Kier molecular flexibility index (Phi) is 6.17. The summed E-state index contributed by atoms with van der Waals surface area (Å²) >= 11 is 5.29. The number of carbonyl (C=O) groups is 3. The van der Waals surface area contributed by atoms with Gasteiger partial charge in [0.05, 0.1) is 11.3 Å². The normalized spacial score (nSPS) is 15.1. The molecular formula is C26H23N3O4S. The Bertz CT molecular complexity index is 1350. The maximum absolute atomic E-state index is 13.3. The van der Waals surface area contributed by atoms with Crippen LogP contribution in [0, 0.1) is 13.8 Å². The number of amides is 2. The summed E-state index contributed by atoms with van der Waals surface area (Å²) in [6.07, 6.45) is 2.44. The number of nitrogens with zero attached hydrogens (tertiary/aromatic N) is 2. The van der Waals surface area contributed by atoms with E-state index in [1.165, 1.54) is 17.0 Å². The number of rotatable bonds is 5. The van der Waals surface area contributed by atoms with Crippen LogP contribution in [0.15, 0.2) is 60.2 Å². The monoisotopic (exact) mass is 473 g/mol. The van der Waals surface area contributed by atoms with Gasteiger partial charge in [-0.15, -0.1) is 0 Å². The fraction of sp³-hybridized carbons (Fsp3) is 0.154. The van der Waals surface area contributed by atoms with Crippen molar-refractivity contribution >= 4 is 46.9 Å². The molecule has 34 heavy (non-hydrogen) atoms. The summed E-state index contributed by atoms with van der Waals surface area (Å²) in [6.45, 7) is 5.82. The molecule has 2 N–H and O–H groups in total. The second kappa shape index (κ2) is 9.07.